The van der Waals surface area contributed by atoms with Gasteiger partial charge < -0.3 is 15.5 Å². The molecule has 0 spiro atoms. The Bertz CT molecular complexity index is 530. The molecule has 1 fully saturated rings. The van der Waals surface area contributed by atoms with Crippen molar-refractivity contribution >= 4 is 41.7 Å². The number of benzene rings is 1. The third kappa shape index (κ3) is 9.49. The highest BCUT2D eigenvalue weighted by Crippen LogP contribution is 2.11. The van der Waals surface area contributed by atoms with Gasteiger partial charge in [-0.25, -0.2) is 4.99 Å². The largest absolute Gasteiger partial charge is 0.357 e. The minimum atomic E-state index is 0. The van der Waals surface area contributed by atoms with Gasteiger partial charge in [0.15, 0.2) is 5.96 Å². The maximum Gasteiger partial charge on any atom is 0.191 e. The van der Waals surface area contributed by atoms with E-state index in [1.54, 1.807) is 0 Å². The summed E-state index contributed by atoms with van der Waals surface area (Å²) in [5.41, 5.74) is 2.65. The number of halogens is 1. The standard InChI is InChI=1S/C20H35N5S.HI/c1-4-21-20(22-10-15-26-3)23-16-18-6-8-19(9-7-18)17-25-13-11-24(5-2)12-14-25;/h6-9H,4-5,10-17H2,1-3H3,(H2,21,22,23);1H. The summed E-state index contributed by atoms with van der Waals surface area (Å²) in [4.78, 5) is 9.76. The van der Waals surface area contributed by atoms with Crippen LogP contribution in [0, 0.1) is 0 Å². The fourth-order valence-electron chi connectivity index (χ4n) is 3.06. The molecule has 1 aliphatic heterocycles. The average Bonchev–Trinajstić information content (AvgIpc) is 2.68. The van der Waals surface area contributed by atoms with Gasteiger partial charge in [-0.3, -0.25) is 4.90 Å². The van der Waals surface area contributed by atoms with Gasteiger partial charge in [0.05, 0.1) is 6.54 Å². The minimum Gasteiger partial charge on any atom is -0.357 e. The third-order valence-corrected chi connectivity index (χ3v) is 5.32. The number of hydrogen-bond donors (Lipinski definition) is 2. The molecule has 0 radical (unpaired) electrons. The molecular formula is C20H36IN5S. The van der Waals surface area contributed by atoms with Crippen LogP contribution in [-0.2, 0) is 13.1 Å². The van der Waals surface area contributed by atoms with Gasteiger partial charge in [-0.15, -0.1) is 24.0 Å². The zero-order chi connectivity index (χ0) is 18.6. The van der Waals surface area contributed by atoms with Gasteiger partial charge in [0, 0.05) is 51.6 Å². The second-order valence-electron chi connectivity index (χ2n) is 6.64. The van der Waals surface area contributed by atoms with Crippen LogP contribution in [0.25, 0.3) is 0 Å². The predicted octanol–water partition coefficient (Wildman–Crippen LogP) is 2.86. The van der Waals surface area contributed by atoms with E-state index >= 15 is 0 Å². The number of thioether (sulfide) groups is 1. The summed E-state index contributed by atoms with van der Waals surface area (Å²) in [5, 5.41) is 6.68. The summed E-state index contributed by atoms with van der Waals surface area (Å²) < 4.78 is 0. The van der Waals surface area contributed by atoms with Gasteiger partial charge in [0.25, 0.3) is 0 Å². The van der Waals surface area contributed by atoms with Gasteiger partial charge >= 0.3 is 0 Å². The first-order valence-corrected chi connectivity index (χ1v) is 11.2. The number of rotatable bonds is 9. The van der Waals surface area contributed by atoms with E-state index in [9.17, 15) is 0 Å². The summed E-state index contributed by atoms with van der Waals surface area (Å²) in [5.74, 6) is 1.99. The molecule has 5 nitrogen and oxygen atoms in total. The van der Waals surface area contributed by atoms with Crippen LogP contribution in [0.15, 0.2) is 29.3 Å². The molecule has 154 valence electrons. The summed E-state index contributed by atoms with van der Waals surface area (Å²) in [6.45, 7) is 13.8. The van der Waals surface area contributed by atoms with Crippen molar-refractivity contribution in [2.75, 3.05) is 57.8 Å². The number of nitrogens with one attached hydrogen (secondary N) is 2. The molecule has 2 N–H and O–H groups in total. The van der Waals surface area contributed by atoms with Gasteiger partial charge in [-0.05, 0) is 30.9 Å². The Morgan fingerprint density at radius 1 is 1.00 bits per heavy atom. The zero-order valence-electron chi connectivity index (χ0n) is 17.0. The maximum atomic E-state index is 4.69. The van der Waals surface area contributed by atoms with Gasteiger partial charge in [-0.2, -0.15) is 11.8 Å². The maximum absolute atomic E-state index is 4.69. The fourth-order valence-corrected chi connectivity index (χ4v) is 3.36. The van der Waals surface area contributed by atoms with Crippen LogP contribution in [0.4, 0.5) is 0 Å². The van der Waals surface area contributed by atoms with Gasteiger partial charge in [0.1, 0.15) is 0 Å². The second-order valence-corrected chi connectivity index (χ2v) is 7.63. The number of aliphatic imine (C=N–C) groups is 1. The first-order chi connectivity index (χ1) is 12.7. The summed E-state index contributed by atoms with van der Waals surface area (Å²) in [7, 11) is 0. The Balaban J connectivity index is 0.00000364. The Morgan fingerprint density at radius 2 is 1.63 bits per heavy atom. The highest BCUT2D eigenvalue weighted by molar-refractivity contribution is 14.0. The topological polar surface area (TPSA) is 42.9 Å². The van der Waals surface area contributed by atoms with Crippen LogP contribution in [0.5, 0.6) is 0 Å². The monoisotopic (exact) mass is 505 g/mol. The first kappa shape index (κ1) is 24.5. The molecular weight excluding hydrogens is 469 g/mol. The highest BCUT2D eigenvalue weighted by Gasteiger charge is 2.15. The van der Waals surface area contributed by atoms with Crippen LogP contribution >= 0.6 is 35.7 Å². The molecule has 0 aliphatic carbocycles. The molecule has 1 saturated heterocycles. The van der Waals surface area contributed by atoms with E-state index in [4.69, 9.17) is 0 Å². The Kier molecular flexibility index (Phi) is 13.2. The van der Waals surface area contributed by atoms with Crippen molar-refractivity contribution in [3.05, 3.63) is 35.4 Å². The molecule has 1 heterocycles. The van der Waals surface area contributed by atoms with Gasteiger partial charge in [0.2, 0.25) is 0 Å². The lowest BCUT2D eigenvalue weighted by molar-refractivity contribution is 0.132. The van der Waals surface area contributed by atoms with Crippen molar-refractivity contribution in [3.63, 3.8) is 0 Å². The molecule has 0 aromatic heterocycles. The molecule has 1 aliphatic rings. The van der Waals surface area contributed by atoms with Crippen LogP contribution in [0.3, 0.4) is 0 Å². The van der Waals surface area contributed by atoms with Crippen LogP contribution in [0.2, 0.25) is 0 Å². The molecule has 1 aromatic rings. The third-order valence-electron chi connectivity index (χ3n) is 4.70. The van der Waals surface area contributed by atoms with Crippen LogP contribution in [0.1, 0.15) is 25.0 Å². The highest BCUT2D eigenvalue weighted by atomic mass is 127. The quantitative estimate of drug-likeness (QED) is 0.234. The Labute approximate surface area is 186 Å². The number of guanidine groups is 1. The smallest absolute Gasteiger partial charge is 0.191 e. The van der Waals surface area contributed by atoms with E-state index in [0.717, 1.165) is 31.3 Å². The van der Waals surface area contributed by atoms with Crippen molar-refractivity contribution in [2.24, 2.45) is 4.99 Å². The molecule has 0 unspecified atom stereocenters. The Morgan fingerprint density at radius 3 is 2.22 bits per heavy atom. The SMILES string of the molecule is CCNC(=NCc1ccc(CN2CCN(CC)CC2)cc1)NCCSC.I. The average molecular weight is 506 g/mol. The number of likely N-dealkylation sites (N-methyl/N-ethyl adjacent to an activating group) is 1. The molecule has 1 aromatic carbocycles. The first-order valence-electron chi connectivity index (χ1n) is 9.78. The second kappa shape index (κ2) is 14.5. The van der Waals surface area contributed by atoms with Crippen molar-refractivity contribution in [2.45, 2.75) is 26.9 Å². The summed E-state index contributed by atoms with van der Waals surface area (Å²) in [6, 6.07) is 8.94. The molecule has 0 bridgehead atoms. The Hall–Kier alpha value is -0.510. The lowest BCUT2D eigenvalue weighted by Crippen LogP contribution is -2.45. The molecule has 27 heavy (non-hydrogen) atoms. The minimum absolute atomic E-state index is 0. The van der Waals surface area contributed by atoms with E-state index in [0.29, 0.717) is 6.54 Å². The van der Waals surface area contributed by atoms with E-state index in [-0.39, 0.29) is 24.0 Å². The lowest BCUT2D eigenvalue weighted by Gasteiger charge is -2.34. The predicted molar refractivity (Wildman–Crippen MR) is 130 cm³/mol. The molecule has 0 saturated carbocycles. The number of hydrogen-bond acceptors (Lipinski definition) is 4. The summed E-state index contributed by atoms with van der Waals surface area (Å²) in [6.07, 6.45) is 2.12. The number of piperazine rings is 1. The van der Waals surface area contributed by atoms with E-state index in [2.05, 4.69) is 69.8 Å². The fraction of sp³-hybridized carbons (Fsp3) is 0.650. The van der Waals surface area contributed by atoms with Crippen molar-refractivity contribution in [1.29, 1.82) is 0 Å². The van der Waals surface area contributed by atoms with Crippen LogP contribution in [-0.4, -0.2) is 73.6 Å². The molecule has 7 heteroatoms. The van der Waals surface area contributed by atoms with Crippen molar-refractivity contribution in [1.82, 2.24) is 20.4 Å². The normalized spacial score (nSPS) is 16.0. The zero-order valence-corrected chi connectivity index (χ0v) is 20.2. The van der Waals surface area contributed by atoms with E-state index in [1.165, 1.54) is 43.9 Å². The summed E-state index contributed by atoms with van der Waals surface area (Å²) >= 11 is 1.84. The molecule has 2 rings (SSSR count). The van der Waals surface area contributed by atoms with Crippen molar-refractivity contribution < 1.29 is 0 Å². The molecule has 0 atom stereocenters. The van der Waals surface area contributed by atoms with Crippen LogP contribution < -0.4 is 10.6 Å². The van der Waals surface area contributed by atoms with Gasteiger partial charge in [-0.1, -0.05) is 31.2 Å². The van der Waals surface area contributed by atoms with Crippen molar-refractivity contribution in [3.8, 4) is 0 Å². The van der Waals surface area contributed by atoms with E-state index < -0.39 is 0 Å². The number of nitrogens with zero attached hydrogens (tertiary/aromatic N) is 3. The lowest BCUT2D eigenvalue weighted by atomic mass is 10.1. The van der Waals surface area contributed by atoms with E-state index in [1.807, 2.05) is 11.8 Å². The molecule has 0 amide bonds.